The smallest absolute Gasteiger partial charge is 0.259 e. The predicted molar refractivity (Wildman–Crippen MR) is 103 cm³/mol. The summed E-state index contributed by atoms with van der Waals surface area (Å²) < 4.78 is 1.81. The predicted octanol–water partition coefficient (Wildman–Crippen LogP) is 2.98. The minimum atomic E-state index is -0.266. The summed E-state index contributed by atoms with van der Waals surface area (Å²) in [5.74, 6) is 0.421. The highest BCUT2D eigenvalue weighted by atomic mass is 32.1. The lowest BCUT2D eigenvalue weighted by Gasteiger charge is -2.08. The summed E-state index contributed by atoms with van der Waals surface area (Å²) in [5, 5.41) is 18.1. The Labute approximate surface area is 158 Å². The number of rotatable bonds is 6. The van der Waals surface area contributed by atoms with Gasteiger partial charge in [-0.2, -0.15) is 5.10 Å². The molecule has 0 aliphatic carbocycles. The second kappa shape index (κ2) is 7.75. The summed E-state index contributed by atoms with van der Waals surface area (Å²) >= 11 is 1.26. The van der Waals surface area contributed by atoms with Crippen LogP contribution in [0.4, 0.5) is 10.9 Å². The number of amides is 1. The molecule has 134 valence electrons. The van der Waals surface area contributed by atoms with E-state index < -0.39 is 0 Å². The van der Waals surface area contributed by atoms with Crippen LogP contribution in [0.1, 0.15) is 15.9 Å². The van der Waals surface area contributed by atoms with Crippen molar-refractivity contribution in [2.24, 2.45) is 0 Å². The molecule has 0 saturated heterocycles. The van der Waals surface area contributed by atoms with Crippen LogP contribution in [-0.4, -0.2) is 30.9 Å². The Morgan fingerprint density at radius 2 is 2.15 bits per heavy atom. The van der Waals surface area contributed by atoms with Crippen LogP contribution in [0.5, 0.6) is 0 Å². The molecule has 0 bridgehead atoms. The molecule has 0 radical (unpaired) electrons. The molecule has 3 heterocycles. The van der Waals surface area contributed by atoms with Gasteiger partial charge in [0.1, 0.15) is 11.3 Å². The van der Waals surface area contributed by atoms with E-state index in [9.17, 15) is 4.79 Å². The van der Waals surface area contributed by atoms with Crippen LogP contribution in [0.25, 0.3) is 5.69 Å². The highest BCUT2D eigenvalue weighted by Crippen LogP contribution is 2.14. The summed E-state index contributed by atoms with van der Waals surface area (Å²) in [6.45, 7) is 0.610. The average molecular weight is 377 g/mol. The van der Waals surface area contributed by atoms with Crippen molar-refractivity contribution < 1.29 is 4.79 Å². The van der Waals surface area contributed by atoms with E-state index in [0.29, 0.717) is 23.1 Å². The first-order valence-electron chi connectivity index (χ1n) is 8.14. The Morgan fingerprint density at radius 3 is 2.89 bits per heavy atom. The van der Waals surface area contributed by atoms with Crippen LogP contribution in [-0.2, 0) is 6.54 Å². The summed E-state index contributed by atoms with van der Waals surface area (Å²) in [4.78, 5) is 16.4. The van der Waals surface area contributed by atoms with Crippen molar-refractivity contribution >= 4 is 28.2 Å². The first kappa shape index (κ1) is 16.9. The average Bonchev–Trinajstić information content (AvgIpc) is 3.41. The molecule has 0 spiro atoms. The van der Waals surface area contributed by atoms with Crippen LogP contribution in [0.15, 0.2) is 66.6 Å². The van der Waals surface area contributed by atoms with Crippen molar-refractivity contribution in [2.75, 3.05) is 10.6 Å². The van der Waals surface area contributed by atoms with Crippen LogP contribution in [0.3, 0.4) is 0 Å². The zero-order chi connectivity index (χ0) is 18.5. The normalized spacial score (nSPS) is 10.5. The summed E-state index contributed by atoms with van der Waals surface area (Å²) in [6, 6.07) is 13.5. The van der Waals surface area contributed by atoms with Gasteiger partial charge in [-0.15, -0.1) is 10.2 Å². The number of hydrogen-bond donors (Lipinski definition) is 2. The molecule has 4 aromatic rings. The van der Waals surface area contributed by atoms with Crippen molar-refractivity contribution in [3.63, 3.8) is 0 Å². The quantitative estimate of drug-likeness (QED) is 0.536. The number of pyridine rings is 1. The Kier molecular flexibility index (Phi) is 4.84. The van der Waals surface area contributed by atoms with E-state index in [4.69, 9.17) is 0 Å². The molecule has 0 atom stereocenters. The van der Waals surface area contributed by atoms with Crippen LogP contribution >= 0.6 is 11.3 Å². The number of carbonyl (C=O) groups excluding carboxylic acids is 1. The van der Waals surface area contributed by atoms with Gasteiger partial charge in [-0.05, 0) is 35.9 Å². The Hall–Kier alpha value is -3.59. The zero-order valence-corrected chi connectivity index (χ0v) is 14.9. The van der Waals surface area contributed by atoms with E-state index in [1.54, 1.807) is 23.8 Å². The fourth-order valence-electron chi connectivity index (χ4n) is 2.45. The molecule has 9 heteroatoms. The second-order valence-electron chi connectivity index (χ2n) is 5.60. The van der Waals surface area contributed by atoms with Gasteiger partial charge in [-0.25, -0.2) is 9.67 Å². The van der Waals surface area contributed by atoms with Crippen molar-refractivity contribution in [3.8, 4) is 5.69 Å². The first-order chi connectivity index (χ1) is 13.3. The molecule has 1 aromatic carbocycles. The molecule has 2 N–H and O–H groups in total. The lowest BCUT2D eigenvalue weighted by Crippen LogP contribution is -2.12. The lowest BCUT2D eigenvalue weighted by molar-refractivity contribution is 0.102. The Balaban J connectivity index is 1.38. The van der Waals surface area contributed by atoms with Gasteiger partial charge in [0.2, 0.25) is 5.13 Å². The Morgan fingerprint density at radius 1 is 1.19 bits per heavy atom. The van der Waals surface area contributed by atoms with Crippen molar-refractivity contribution in [1.82, 2.24) is 25.0 Å². The monoisotopic (exact) mass is 377 g/mol. The number of hydrogen-bond acceptors (Lipinski definition) is 7. The molecule has 0 aliphatic rings. The van der Waals surface area contributed by atoms with E-state index in [0.717, 1.165) is 11.3 Å². The fraction of sp³-hybridized carbons (Fsp3) is 0.0556. The third-order valence-electron chi connectivity index (χ3n) is 3.76. The largest absolute Gasteiger partial charge is 0.366 e. The highest BCUT2D eigenvalue weighted by Gasteiger charge is 2.08. The Bertz CT molecular complexity index is 1010. The van der Waals surface area contributed by atoms with Gasteiger partial charge in [-0.3, -0.25) is 10.1 Å². The van der Waals surface area contributed by atoms with E-state index in [1.807, 2.05) is 35.1 Å². The molecule has 0 aliphatic heterocycles. The molecule has 0 unspecified atom stereocenters. The van der Waals surface area contributed by atoms with Crippen molar-refractivity contribution in [1.29, 1.82) is 0 Å². The third-order valence-corrected chi connectivity index (χ3v) is 4.37. The van der Waals surface area contributed by atoms with Gasteiger partial charge in [0.15, 0.2) is 0 Å². The SMILES string of the molecule is O=C(Nc1nncs1)c1ccc(NCc2cccc(-n3cccn3)c2)nc1. The molecule has 8 nitrogen and oxygen atoms in total. The standard InChI is InChI=1S/C18H15N7OS/c26-17(23-18-24-21-12-27-18)14-5-6-16(20-11-14)19-10-13-3-1-4-15(9-13)25-8-2-7-22-25/h1-9,11-12H,10H2,(H,19,20)(H,23,24,26). The summed E-state index contributed by atoms with van der Waals surface area (Å²) in [5.41, 5.74) is 4.11. The molecule has 27 heavy (non-hydrogen) atoms. The summed E-state index contributed by atoms with van der Waals surface area (Å²) in [6.07, 6.45) is 5.18. The molecule has 1 amide bonds. The molecular formula is C18H15N7OS. The van der Waals surface area contributed by atoms with E-state index in [-0.39, 0.29) is 5.91 Å². The van der Waals surface area contributed by atoms with Gasteiger partial charge in [0.25, 0.3) is 5.91 Å². The molecule has 0 fully saturated rings. The molecule has 3 aromatic heterocycles. The number of nitrogens with one attached hydrogen (secondary N) is 2. The zero-order valence-electron chi connectivity index (χ0n) is 14.1. The number of anilines is 2. The van der Waals surface area contributed by atoms with Gasteiger partial charge < -0.3 is 5.32 Å². The van der Waals surface area contributed by atoms with E-state index >= 15 is 0 Å². The molecule has 0 saturated carbocycles. The third kappa shape index (κ3) is 4.15. The maximum atomic E-state index is 12.1. The van der Waals surface area contributed by atoms with Crippen LogP contribution in [0.2, 0.25) is 0 Å². The lowest BCUT2D eigenvalue weighted by atomic mass is 10.2. The van der Waals surface area contributed by atoms with Crippen LogP contribution in [0, 0.1) is 0 Å². The van der Waals surface area contributed by atoms with Crippen molar-refractivity contribution in [2.45, 2.75) is 6.54 Å². The van der Waals surface area contributed by atoms with Gasteiger partial charge in [0, 0.05) is 25.1 Å². The van der Waals surface area contributed by atoms with E-state index in [2.05, 4.69) is 37.0 Å². The number of aromatic nitrogens is 5. The number of nitrogens with zero attached hydrogens (tertiary/aromatic N) is 5. The van der Waals surface area contributed by atoms with Crippen molar-refractivity contribution in [3.05, 3.63) is 77.7 Å². The van der Waals surface area contributed by atoms with Gasteiger partial charge >= 0.3 is 0 Å². The van der Waals surface area contributed by atoms with E-state index in [1.165, 1.54) is 17.5 Å². The van der Waals surface area contributed by atoms with Gasteiger partial charge in [-0.1, -0.05) is 23.5 Å². The first-order valence-corrected chi connectivity index (χ1v) is 9.02. The second-order valence-corrected chi connectivity index (χ2v) is 6.44. The maximum Gasteiger partial charge on any atom is 0.259 e. The topological polar surface area (TPSA) is 97.6 Å². The fourth-order valence-corrected chi connectivity index (χ4v) is 2.89. The minimum absolute atomic E-state index is 0.266. The molecular weight excluding hydrogens is 362 g/mol. The highest BCUT2D eigenvalue weighted by molar-refractivity contribution is 7.13. The number of benzene rings is 1. The summed E-state index contributed by atoms with van der Waals surface area (Å²) in [7, 11) is 0. The number of carbonyl (C=O) groups is 1. The maximum absolute atomic E-state index is 12.1. The minimum Gasteiger partial charge on any atom is -0.366 e. The van der Waals surface area contributed by atoms with Crippen LogP contribution < -0.4 is 10.6 Å². The molecule has 4 rings (SSSR count). The van der Waals surface area contributed by atoms with Gasteiger partial charge in [0.05, 0.1) is 11.3 Å².